The molecule has 3 heterocycles. The van der Waals surface area contributed by atoms with Crippen LogP contribution < -0.4 is 26.3 Å². The van der Waals surface area contributed by atoms with E-state index in [1.807, 2.05) is 0 Å². The number of anilines is 5. The normalized spacial score (nSPS) is 15.2. The lowest BCUT2D eigenvalue weighted by Crippen LogP contribution is -2.53. The largest absolute Gasteiger partial charge is 0.382 e. The monoisotopic (exact) mass is 515 g/mol. The number of carbonyl (C=O) groups is 3. The van der Waals surface area contributed by atoms with Crippen LogP contribution in [0.1, 0.15) is 23.2 Å². The number of pyridine rings is 1. The fourth-order valence-electron chi connectivity index (χ4n) is 4.28. The lowest BCUT2D eigenvalue weighted by molar-refractivity contribution is -0.121. The summed E-state index contributed by atoms with van der Waals surface area (Å²) >= 11 is 0. The van der Waals surface area contributed by atoms with Crippen molar-refractivity contribution in [1.29, 1.82) is 0 Å². The summed E-state index contributed by atoms with van der Waals surface area (Å²) in [5.74, 6) is 0.380. The van der Waals surface area contributed by atoms with E-state index in [1.54, 1.807) is 65.6 Å². The van der Waals surface area contributed by atoms with Crippen LogP contribution in [0.4, 0.5) is 28.8 Å². The van der Waals surface area contributed by atoms with Gasteiger partial charge in [0.25, 0.3) is 11.8 Å². The Bertz CT molecular complexity index is 1300. The van der Waals surface area contributed by atoms with Gasteiger partial charge in [0.2, 0.25) is 6.41 Å². The van der Waals surface area contributed by atoms with Gasteiger partial charge in [-0.05, 0) is 55.3 Å². The number of benzene rings is 1. The number of piperidine rings is 1. The Balaban J connectivity index is 1.56. The van der Waals surface area contributed by atoms with Crippen molar-refractivity contribution < 1.29 is 14.4 Å². The van der Waals surface area contributed by atoms with Crippen LogP contribution in [0.3, 0.4) is 0 Å². The molecule has 1 atom stereocenters. The Morgan fingerprint density at radius 3 is 2.63 bits per heavy atom. The van der Waals surface area contributed by atoms with E-state index in [0.29, 0.717) is 54.5 Å². The van der Waals surface area contributed by atoms with Gasteiger partial charge in [-0.1, -0.05) is 12.6 Å². The molecule has 4 rings (SSSR count). The number of rotatable bonds is 9. The minimum Gasteiger partial charge on any atom is -0.382 e. The molecule has 196 valence electrons. The molecule has 0 saturated carbocycles. The molecule has 12 nitrogen and oxygen atoms in total. The number of nitrogens with one attached hydrogen (secondary N) is 2. The van der Waals surface area contributed by atoms with E-state index in [1.165, 1.54) is 17.3 Å². The maximum absolute atomic E-state index is 12.6. The number of nitrogens with zero attached hydrogens (tertiary/aromatic N) is 6. The second-order valence-corrected chi connectivity index (χ2v) is 8.64. The van der Waals surface area contributed by atoms with E-state index in [9.17, 15) is 14.4 Å². The average molecular weight is 516 g/mol. The Morgan fingerprint density at radius 1 is 1.16 bits per heavy atom. The fraction of sp³-hybridized carbons (Fsp3) is 0.231. The Labute approximate surface area is 220 Å². The predicted molar refractivity (Wildman–Crippen MR) is 145 cm³/mol. The molecule has 0 radical (unpaired) electrons. The SMILES string of the molecule is C=CC(=O)NN1CCCC(N(C=O)c2ncnc(N)c2N(C)c2ccc(C(=O)Nc3ccccn3)cc2)C1. The third-order valence-electron chi connectivity index (χ3n) is 6.19. The zero-order valence-corrected chi connectivity index (χ0v) is 20.9. The van der Waals surface area contributed by atoms with Crippen molar-refractivity contribution in [2.24, 2.45) is 0 Å². The molecule has 3 amide bonds. The summed E-state index contributed by atoms with van der Waals surface area (Å²) in [5, 5.41) is 4.51. The van der Waals surface area contributed by atoms with Gasteiger partial charge in [0.05, 0.1) is 6.04 Å². The zero-order valence-electron chi connectivity index (χ0n) is 20.9. The van der Waals surface area contributed by atoms with Gasteiger partial charge >= 0.3 is 0 Å². The van der Waals surface area contributed by atoms with Crippen LogP contribution in [0, 0.1) is 0 Å². The first-order valence-electron chi connectivity index (χ1n) is 12.0. The molecule has 4 N–H and O–H groups in total. The summed E-state index contributed by atoms with van der Waals surface area (Å²) in [6.45, 7) is 4.54. The highest BCUT2D eigenvalue weighted by Gasteiger charge is 2.30. The first kappa shape index (κ1) is 26.2. The smallest absolute Gasteiger partial charge is 0.257 e. The first-order chi connectivity index (χ1) is 18.4. The van der Waals surface area contributed by atoms with E-state index in [4.69, 9.17) is 5.73 Å². The fourth-order valence-corrected chi connectivity index (χ4v) is 4.28. The maximum Gasteiger partial charge on any atom is 0.257 e. The standard InChI is InChI=1S/C26H29N9O3/c1-3-22(37)32-34-14-6-7-20(15-34)35(17-36)25-23(24(27)29-16-30-25)33(2)19-11-9-18(10-12-19)26(38)31-21-8-4-5-13-28-21/h3-5,8-13,16-17,20H,1,6-7,14-15H2,2H3,(H,32,37)(H2,27,29,30)(H,28,31,38). The zero-order chi connectivity index (χ0) is 27.1. The molecular formula is C26H29N9O3. The average Bonchev–Trinajstić information content (AvgIpc) is 2.94. The van der Waals surface area contributed by atoms with E-state index < -0.39 is 0 Å². The molecule has 0 aliphatic carbocycles. The van der Waals surface area contributed by atoms with Gasteiger partial charge in [0.15, 0.2) is 11.6 Å². The van der Waals surface area contributed by atoms with Crippen LogP contribution in [0.5, 0.6) is 0 Å². The second kappa shape index (κ2) is 11.9. The van der Waals surface area contributed by atoms with Gasteiger partial charge in [0, 0.05) is 37.6 Å². The number of aromatic nitrogens is 3. The Kier molecular flexibility index (Phi) is 8.23. The van der Waals surface area contributed by atoms with Crippen molar-refractivity contribution in [1.82, 2.24) is 25.4 Å². The molecule has 38 heavy (non-hydrogen) atoms. The van der Waals surface area contributed by atoms with Crippen molar-refractivity contribution in [3.05, 3.63) is 73.2 Å². The summed E-state index contributed by atoms with van der Waals surface area (Å²) < 4.78 is 0. The first-order valence-corrected chi connectivity index (χ1v) is 12.0. The molecule has 1 fully saturated rings. The molecule has 3 aromatic rings. The second-order valence-electron chi connectivity index (χ2n) is 8.64. The van der Waals surface area contributed by atoms with E-state index in [0.717, 1.165) is 6.42 Å². The third kappa shape index (κ3) is 5.93. The summed E-state index contributed by atoms with van der Waals surface area (Å²) in [7, 11) is 1.78. The van der Waals surface area contributed by atoms with Crippen molar-refractivity contribution in [3.8, 4) is 0 Å². The summed E-state index contributed by atoms with van der Waals surface area (Å²) in [5.41, 5.74) is 10.6. The van der Waals surface area contributed by atoms with E-state index >= 15 is 0 Å². The maximum atomic E-state index is 12.6. The Hall–Kier alpha value is -4.84. The van der Waals surface area contributed by atoms with Crippen LogP contribution in [0.2, 0.25) is 0 Å². The van der Waals surface area contributed by atoms with Crippen molar-refractivity contribution in [2.75, 3.05) is 41.0 Å². The molecule has 2 aromatic heterocycles. The molecule has 1 saturated heterocycles. The molecule has 12 heteroatoms. The number of hydrogen-bond acceptors (Lipinski definition) is 9. The number of nitrogens with two attached hydrogens (primary N) is 1. The van der Waals surface area contributed by atoms with E-state index in [2.05, 4.69) is 32.3 Å². The highest BCUT2D eigenvalue weighted by Crippen LogP contribution is 2.36. The number of carbonyl (C=O) groups excluding carboxylic acids is 3. The highest BCUT2D eigenvalue weighted by molar-refractivity contribution is 6.04. The minimum atomic E-state index is -0.313. The van der Waals surface area contributed by atoms with Gasteiger partial charge in [-0.3, -0.25) is 24.7 Å². The lowest BCUT2D eigenvalue weighted by atomic mass is 10.1. The minimum absolute atomic E-state index is 0.189. The van der Waals surface area contributed by atoms with Gasteiger partial charge < -0.3 is 16.0 Å². The van der Waals surface area contributed by atoms with Crippen molar-refractivity contribution >= 4 is 47.1 Å². The molecule has 0 bridgehead atoms. The van der Waals surface area contributed by atoms with Gasteiger partial charge in [0.1, 0.15) is 17.8 Å². The number of nitrogen functional groups attached to an aromatic ring is 1. The van der Waals surface area contributed by atoms with Gasteiger partial charge in [-0.25, -0.2) is 20.0 Å². The van der Waals surface area contributed by atoms with Crippen LogP contribution in [0.25, 0.3) is 0 Å². The molecule has 0 spiro atoms. The van der Waals surface area contributed by atoms with Crippen LogP contribution >= 0.6 is 0 Å². The summed E-state index contributed by atoms with van der Waals surface area (Å²) in [6, 6.07) is 11.9. The molecular weight excluding hydrogens is 486 g/mol. The van der Waals surface area contributed by atoms with Crippen LogP contribution in [0.15, 0.2) is 67.6 Å². The number of amides is 3. The quantitative estimate of drug-likeness (QED) is 0.288. The van der Waals surface area contributed by atoms with E-state index in [-0.39, 0.29) is 23.7 Å². The summed E-state index contributed by atoms with van der Waals surface area (Å²) in [6.07, 6.45) is 6.30. The summed E-state index contributed by atoms with van der Waals surface area (Å²) in [4.78, 5) is 52.6. The molecule has 1 aliphatic heterocycles. The third-order valence-corrected chi connectivity index (χ3v) is 6.19. The molecule has 1 aliphatic rings. The predicted octanol–water partition coefficient (Wildman–Crippen LogP) is 2.12. The van der Waals surface area contributed by atoms with Crippen molar-refractivity contribution in [3.63, 3.8) is 0 Å². The number of hydrazine groups is 1. The lowest BCUT2D eigenvalue weighted by Gasteiger charge is -2.38. The Morgan fingerprint density at radius 2 is 1.95 bits per heavy atom. The molecule has 1 aromatic carbocycles. The number of hydrogen-bond donors (Lipinski definition) is 3. The van der Waals surface area contributed by atoms with Gasteiger partial charge in [-0.2, -0.15) is 0 Å². The molecule has 1 unspecified atom stereocenters. The van der Waals surface area contributed by atoms with Crippen LogP contribution in [-0.4, -0.2) is 64.4 Å². The topological polar surface area (TPSA) is 150 Å². The highest BCUT2D eigenvalue weighted by atomic mass is 16.2. The van der Waals surface area contributed by atoms with Crippen molar-refractivity contribution in [2.45, 2.75) is 18.9 Å². The van der Waals surface area contributed by atoms with Crippen LogP contribution in [-0.2, 0) is 9.59 Å². The van der Waals surface area contributed by atoms with Gasteiger partial charge in [-0.15, -0.1) is 0 Å².